The highest BCUT2D eigenvalue weighted by Crippen LogP contribution is 2.20. The van der Waals surface area contributed by atoms with Gasteiger partial charge in [0, 0.05) is 18.4 Å². The van der Waals surface area contributed by atoms with E-state index in [-0.39, 0.29) is 28.7 Å². The summed E-state index contributed by atoms with van der Waals surface area (Å²) in [5.74, 6) is -0.885. The van der Waals surface area contributed by atoms with Crippen LogP contribution in [-0.2, 0) is 19.4 Å². The third-order valence-electron chi connectivity index (χ3n) is 2.96. The van der Waals surface area contributed by atoms with E-state index in [0.717, 1.165) is 6.26 Å². The lowest BCUT2D eigenvalue weighted by molar-refractivity contribution is -0.116. The average molecular weight is 342 g/mol. The molecule has 0 bridgehead atoms. The monoisotopic (exact) mass is 342 g/mol. The largest absolute Gasteiger partial charge is 0.462 e. The first-order valence-electron chi connectivity index (χ1n) is 7.24. The number of nitrogens with one attached hydrogen (secondary N) is 2. The summed E-state index contributed by atoms with van der Waals surface area (Å²) < 4.78 is 28.4. The number of amides is 1. The molecule has 23 heavy (non-hydrogen) atoms. The molecule has 0 aliphatic heterocycles. The fraction of sp³-hybridized carbons (Fsp3) is 0.467. The lowest BCUT2D eigenvalue weighted by Gasteiger charge is -2.10. The van der Waals surface area contributed by atoms with Crippen molar-refractivity contribution in [3.63, 3.8) is 0 Å². The summed E-state index contributed by atoms with van der Waals surface area (Å²) in [4.78, 5) is 23.6. The molecule has 1 aromatic carbocycles. The molecular formula is C15H22N2O5S. The number of hydrogen-bond donors (Lipinski definition) is 2. The molecule has 8 heteroatoms. The first-order valence-corrected chi connectivity index (χ1v) is 9.13. The number of benzene rings is 1. The molecule has 1 rings (SSSR count). The van der Waals surface area contributed by atoms with Crippen molar-refractivity contribution in [1.29, 1.82) is 0 Å². The fourth-order valence-electron chi connectivity index (χ4n) is 1.87. The molecule has 1 aromatic rings. The van der Waals surface area contributed by atoms with Crippen molar-refractivity contribution >= 4 is 27.4 Å². The predicted molar refractivity (Wildman–Crippen MR) is 87.3 cm³/mol. The van der Waals surface area contributed by atoms with Crippen LogP contribution >= 0.6 is 0 Å². The van der Waals surface area contributed by atoms with Crippen molar-refractivity contribution in [3.8, 4) is 0 Å². The molecule has 0 fully saturated rings. The summed E-state index contributed by atoms with van der Waals surface area (Å²) in [6.07, 6.45) is 1.98. The predicted octanol–water partition coefficient (Wildman–Crippen LogP) is 1.20. The molecule has 1 amide bonds. The average Bonchev–Trinajstić information content (AvgIpc) is 2.46. The number of esters is 1. The Labute approximate surface area is 136 Å². The van der Waals surface area contributed by atoms with Gasteiger partial charge >= 0.3 is 5.97 Å². The SMILES string of the molecule is CCOC(=O)c1cc(NC(=O)CCCNC)cc(S(C)(=O)=O)c1. The quantitative estimate of drug-likeness (QED) is 0.544. The number of carbonyl (C=O) groups excluding carboxylic acids is 2. The molecule has 0 aliphatic rings. The van der Waals surface area contributed by atoms with Crippen LogP contribution in [0.25, 0.3) is 0 Å². The van der Waals surface area contributed by atoms with Gasteiger partial charge in [0.05, 0.1) is 17.1 Å². The van der Waals surface area contributed by atoms with Gasteiger partial charge in [0.15, 0.2) is 9.84 Å². The maximum Gasteiger partial charge on any atom is 0.338 e. The van der Waals surface area contributed by atoms with Crippen molar-refractivity contribution < 1.29 is 22.7 Å². The topological polar surface area (TPSA) is 102 Å². The Morgan fingerprint density at radius 2 is 1.91 bits per heavy atom. The first-order chi connectivity index (χ1) is 10.8. The summed E-state index contributed by atoms with van der Waals surface area (Å²) in [6, 6.07) is 3.97. The van der Waals surface area contributed by atoms with Crippen molar-refractivity contribution in [2.75, 3.05) is 31.8 Å². The van der Waals surface area contributed by atoms with Crippen LogP contribution < -0.4 is 10.6 Å². The summed E-state index contributed by atoms with van der Waals surface area (Å²) >= 11 is 0. The Balaban J connectivity index is 3.04. The lowest BCUT2D eigenvalue weighted by Crippen LogP contribution is -2.16. The summed E-state index contributed by atoms with van der Waals surface area (Å²) in [5.41, 5.74) is 0.339. The third-order valence-corrected chi connectivity index (χ3v) is 4.05. The first kappa shape index (κ1) is 19.1. The van der Waals surface area contributed by atoms with Gasteiger partial charge in [-0.25, -0.2) is 13.2 Å². The fourth-order valence-corrected chi connectivity index (χ4v) is 2.55. The molecule has 0 saturated carbocycles. The van der Waals surface area contributed by atoms with Crippen LogP contribution in [0, 0.1) is 0 Å². The van der Waals surface area contributed by atoms with Gasteiger partial charge < -0.3 is 15.4 Å². The minimum atomic E-state index is -3.52. The van der Waals surface area contributed by atoms with Gasteiger partial charge in [-0.1, -0.05) is 0 Å². The van der Waals surface area contributed by atoms with E-state index in [1.165, 1.54) is 18.2 Å². The van der Waals surface area contributed by atoms with Crippen molar-refractivity contribution in [2.45, 2.75) is 24.7 Å². The van der Waals surface area contributed by atoms with Crippen LogP contribution in [0.1, 0.15) is 30.1 Å². The second-order valence-electron chi connectivity index (χ2n) is 4.99. The van der Waals surface area contributed by atoms with Gasteiger partial charge in [-0.2, -0.15) is 0 Å². The van der Waals surface area contributed by atoms with Gasteiger partial charge in [0.2, 0.25) is 5.91 Å². The Hall–Kier alpha value is -1.93. The highest BCUT2D eigenvalue weighted by Gasteiger charge is 2.16. The van der Waals surface area contributed by atoms with Gasteiger partial charge in [0.25, 0.3) is 0 Å². The zero-order chi connectivity index (χ0) is 17.5. The number of hydrogen-bond acceptors (Lipinski definition) is 6. The van der Waals surface area contributed by atoms with Crippen LogP contribution in [-0.4, -0.2) is 46.7 Å². The Morgan fingerprint density at radius 1 is 1.22 bits per heavy atom. The van der Waals surface area contributed by atoms with E-state index in [2.05, 4.69) is 10.6 Å². The molecular weight excluding hydrogens is 320 g/mol. The normalized spacial score (nSPS) is 11.1. The second-order valence-corrected chi connectivity index (χ2v) is 7.01. The third kappa shape index (κ3) is 6.37. The second kappa shape index (κ2) is 8.64. The molecule has 0 aliphatic carbocycles. The Morgan fingerprint density at radius 3 is 2.48 bits per heavy atom. The highest BCUT2D eigenvalue weighted by atomic mass is 32.2. The molecule has 0 radical (unpaired) electrons. The van der Waals surface area contributed by atoms with Gasteiger partial charge in [-0.3, -0.25) is 4.79 Å². The van der Waals surface area contributed by atoms with E-state index >= 15 is 0 Å². The van der Waals surface area contributed by atoms with E-state index < -0.39 is 15.8 Å². The maximum absolute atomic E-state index is 11.9. The number of ether oxygens (including phenoxy) is 1. The number of carbonyl (C=O) groups is 2. The van der Waals surface area contributed by atoms with Crippen LogP contribution in [0.15, 0.2) is 23.1 Å². The van der Waals surface area contributed by atoms with Crippen molar-refractivity contribution in [1.82, 2.24) is 5.32 Å². The standard InChI is InChI=1S/C15H22N2O5S/c1-4-22-15(19)11-8-12(10-13(9-11)23(3,20)21)17-14(18)6-5-7-16-2/h8-10,16H,4-7H2,1-3H3,(H,17,18). The lowest BCUT2D eigenvalue weighted by atomic mass is 10.2. The van der Waals surface area contributed by atoms with Crippen molar-refractivity contribution in [2.24, 2.45) is 0 Å². The van der Waals surface area contributed by atoms with E-state index in [1.807, 2.05) is 0 Å². The number of rotatable bonds is 8. The van der Waals surface area contributed by atoms with Gasteiger partial charge in [0.1, 0.15) is 0 Å². The molecule has 0 saturated heterocycles. The van der Waals surface area contributed by atoms with Crippen LogP contribution in [0.3, 0.4) is 0 Å². The Bertz CT molecular complexity index is 670. The van der Waals surface area contributed by atoms with Gasteiger partial charge in [-0.15, -0.1) is 0 Å². The van der Waals surface area contributed by atoms with E-state index in [9.17, 15) is 18.0 Å². The zero-order valence-corrected chi connectivity index (χ0v) is 14.3. The zero-order valence-electron chi connectivity index (χ0n) is 13.5. The van der Waals surface area contributed by atoms with Gasteiger partial charge in [-0.05, 0) is 45.1 Å². The van der Waals surface area contributed by atoms with Crippen LogP contribution in [0.5, 0.6) is 0 Å². The number of sulfone groups is 1. The molecule has 0 atom stereocenters. The minimum absolute atomic E-state index is 0.0476. The minimum Gasteiger partial charge on any atom is -0.462 e. The highest BCUT2D eigenvalue weighted by molar-refractivity contribution is 7.90. The van der Waals surface area contributed by atoms with Crippen LogP contribution in [0.4, 0.5) is 5.69 Å². The summed E-state index contributed by atoms with van der Waals surface area (Å²) in [6.45, 7) is 2.53. The Kier molecular flexibility index (Phi) is 7.18. The maximum atomic E-state index is 11.9. The molecule has 128 valence electrons. The molecule has 0 spiro atoms. The van der Waals surface area contributed by atoms with Crippen molar-refractivity contribution in [3.05, 3.63) is 23.8 Å². The van der Waals surface area contributed by atoms with E-state index in [4.69, 9.17) is 4.74 Å². The molecule has 0 unspecified atom stereocenters. The summed E-state index contributed by atoms with van der Waals surface area (Å²) in [5, 5.41) is 5.55. The number of anilines is 1. The van der Waals surface area contributed by atoms with Crippen LogP contribution in [0.2, 0.25) is 0 Å². The van der Waals surface area contributed by atoms with E-state index in [1.54, 1.807) is 14.0 Å². The molecule has 0 heterocycles. The molecule has 2 N–H and O–H groups in total. The summed E-state index contributed by atoms with van der Waals surface area (Å²) in [7, 11) is -1.73. The smallest absolute Gasteiger partial charge is 0.338 e. The van der Waals surface area contributed by atoms with E-state index in [0.29, 0.717) is 19.4 Å². The molecule has 0 aromatic heterocycles. The molecule has 7 nitrogen and oxygen atoms in total.